The zero-order chi connectivity index (χ0) is 18.4. The molecule has 6 nitrogen and oxygen atoms in total. The number of nitrogens with one attached hydrogen (secondary N) is 3. The second-order valence-electron chi connectivity index (χ2n) is 6.53. The van der Waals surface area contributed by atoms with Crippen LogP contribution in [0.1, 0.15) is 23.6 Å². The smallest absolute Gasteiger partial charge is 0.191 e. The second kappa shape index (κ2) is 8.56. The molecule has 0 aliphatic heterocycles. The van der Waals surface area contributed by atoms with E-state index in [9.17, 15) is 0 Å². The van der Waals surface area contributed by atoms with E-state index in [2.05, 4.69) is 65.9 Å². The van der Waals surface area contributed by atoms with Crippen molar-refractivity contribution in [2.24, 2.45) is 4.99 Å². The number of benzene rings is 1. The standard InChI is InChI=1S/C20H28N6/c1-4-21-20(23-10-11-26-14-15(2)12-25-26)22-9-8-17-13-24-18-7-5-6-16(3)19(17)18/h5-7,12-14,24H,4,8-11H2,1-3H3,(H2,21,22,23). The Bertz CT molecular complexity index is 873. The number of guanidine groups is 1. The Labute approximate surface area is 154 Å². The number of aryl methyl sites for hydroxylation is 2. The highest BCUT2D eigenvalue weighted by molar-refractivity contribution is 5.86. The fourth-order valence-corrected chi connectivity index (χ4v) is 3.16. The maximum atomic E-state index is 4.71. The van der Waals surface area contributed by atoms with Gasteiger partial charge in [0, 0.05) is 42.9 Å². The van der Waals surface area contributed by atoms with Gasteiger partial charge in [-0.2, -0.15) is 5.10 Å². The van der Waals surface area contributed by atoms with Gasteiger partial charge in [0.1, 0.15) is 0 Å². The molecule has 2 aromatic heterocycles. The van der Waals surface area contributed by atoms with Crippen molar-refractivity contribution in [3.8, 4) is 0 Å². The van der Waals surface area contributed by atoms with Gasteiger partial charge in [0.2, 0.25) is 0 Å². The molecule has 2 heterocycles. The number of aliphatic imine (C=N–C) groups is 1. The molecule has 3 N–H and O–H groups in total. The van der Waals surface area contributed by atoms with E-state index in [4.69, 9.17) is 4.99 Å². The van der Waals surface area contributed by atoms with E-state index in [1.807, 2.05) is 17.1 Å². The average Bonchev–Trinajstić information content (AvgIpc) is 3.22. The maximum Gasteiger partial charge on any atom is 0.191 e. The van der Waals surface area contributed by atoms with Crippen molar-refractivity contribution in [1.82, 2.24) is 25.4 Å². The third-order valence-corrected chi connectivity index (χ3v) is 4.39. The van der Waals surface area contributed by atoms with Crippen LogP contribution in [-0.4, -0.2) is 40.4 Å². The maximum absolute atomic E-state index is 4.71. The van der Waals surface area contributed by atoms with E-state index in [0.717, 1.165) is 38.6 Å². The highest BCUT2D eigenvalue weighted by atomic mass is 15.3. The zero-order valence-corrected chi connectivity index (χ0v) is 15.8. The van der Waals surface area contributed by atoms with Gasteiger partial charge >= 0.3 is 0 Å². The number of rotatable bonds is 7. The molecule has 0 amide bonds. The monoisotopic (exact) mass is 352 g/mol. The summed E-state index contributed by atoms with van der Waals surface area (Å²) < 4.78 is 1.95. The number of hydrogen-bond donors (Lipinski definition) is 3. The zero-order valence-electron chi connectivity index (χ0n) is 15.8. The molecule has 0 aliphatic rings. The Morgan fingerprint density at radius 3 is 2.92 bits per heavy atom. The van der Waals surface area contributed by atoms with E-state index in [1.54, 1.807) is 0 Å². The molecule has 0 fully saturated rings. The largest absolute Gasteiger partial charge is 0.361 e. The van der Waals surface area contributed by atoms with Crippen LogP contribution in [0.2, 0.25) is 0 Å². The Balaban J connectivity index is 1.56. The van der Waals surface area contributed by atoms with Crippen molar-refractivity contribution in [1.29, 1.82) is 0 Å². The molecule has 0 atom stereocenters. The summed E-state index contributed by atoms with van der Waals surface area (Å²) in [7, 11) is 0. The molecule has 3 rings (SSSR count). The van der Waals surface area contributed by atoms with Crippen LogP contribution in [0, 0.1) is 13.8 Å². The van der Waals surface area contributed by atoms with Crippen molar-refractivity contribution in [3.05, 3.63) is 53.5 Å². The predicted octanol–water partition coefficient (Wildman–Crippen LogP) is 2.78. The summed E-state index contributed by atoms with van der Waals surface area (Å²) in [5, 5.41) is 12.3. The highest BCUT2D eigenvalue weighted by Gasteiger charge is 2.06. The van der Waals surface area contributed by atoms with Crippen molar-refractivity contribution in [3.63, 3.8) is 0 Å². The quantitative estimate of drug-likeness (QED) is 0.452. The molecular formula is C20H28N6. The normalized spacial score (nSPS) is 11.9. The second-order valence-corrected chi connectivity index (χ2v) is 6.53. The van der Waals surface area contributed by atoms with Crippen LogP contribution >= 0.6 is 0 Å². The first kappa shape index (κ1) is 18.0. The summed E-state index contributed by atoms with van der Waals surface area (Å²) in [6, 6.07) is 6.37. The topological polar surface area (TPSA) is 70.0 Å². The fourth-order valence-electron chi connectivity index (χ4n) is 3.16. The summed E-state index contributed by atoms with van der Waals surface area (Å²) >= 11 is 0. The average molecular weight is 352 g/mol. The van der Waals surface area contributed by atoms with Crippen LogP contribution in [-0.2, 0) is 13.0 Å². The molecule has 0 saturated carbocycles. The third kappa shape index (κ3) is 4.45. The number of H-pyrrole nitrogens is 1. The number of fused-ring (bicyclic) bond motifs is 1. The van der Waals surface area contributed by atoms with Crippen LogP contribution in [0.3, 0.4) is 0 Å². The molecule has 0 radical (unpaired) electrons. The Kier molecular flexibility index (Phi) is 5.94. The Hall–Kier alpha value is -2.76. The molecule has 138 valence electrons. The van der Waals surface area contributed by atoms with Gasteiger partial charge in [0.05, 0.1) is 12.7 Å². The van der Waals surface area contributed by atoms with E-state index >= 15 is 0 Å². The van der Waals surface area contributed by atoms with Crippen molar-refractivity contribution >= 4 is 16.9 Å². The number of nitrogens with zero attached hydrogens (tertiary/aromatic N) is 3. The van der Waals surface area contributed by atoms with Crippen molar-refractivity contribution in [2.75, 3.05) is 19.6 Å². The first-order chi connectivity index (χ1) is 12.7. The summed E-state index contributed by atoms with van der Waals surface area (Å²) in [6.45, 7) is 9.49. The van der Waals surface area contributed by atoms with Gasteiger partial charge in [-0.15, -0.1) is 0 Å². The van der Waals surface area contributed by atoms with E-state index in [1.165, 1.54) is 27.6 Å². The first-order valence-corrected chi connectivity index (χ1v) is 9.24. The summed E-state index contributed by atoms with van der Waals surface area (Å²) in [5.41, 5.74) is 5.01. The van der Waals surface area contributed by atoms with Gasteiger partial charge in [-0.05, 0) is 49.9 Å². The molecule has 26 heavy (non-hydrogen) atoms. The molecule has 3 aromatic rings. The van der Waals surface area contributed by atoms with E-state index < -0.39 is 0 Å². The number of hydrogen-bond acceptors (Lipinski definition) is 2. The fraction of sp³-hybridized carbons (Fsp3) is 0.400. The van der Waals surface area contributed by atoms with Crippen LogP contribution in [0.4, 0.5) is 0 Å². The van der Waals surface area contributed by atoms with Gasteiger partial charge in [0.15, 0.2) is 5.96 Å². The molecular weight excluding hydrogens is 324 g/mol. The van der Waals surface area contributed by atoms with Gasteiger partial charge in [-0.25, -0.2) is 0 Å². The minimum Gasteiger partial charge on any atom is -0.361 e. The number of aromatic amines is 1. The van der Waals surface area contributed by atoms with Gasteiger partial charge in [-0.3, -0.25) is 9.67 Å². The molecule has 6 heteroatoms. The van der Waals surface area contributed by atoms with Gasteiger partial charge < -0.3 is 15.6 Å². The predicted molar refractivity (Wildman–Crippen MR) is 108 cm³/mol. The summed E-state index contributed by atoms with van der Waals surface area (Å²) in [6.07, 6.45) is 6.95. The summed E-state index contributed by atoms with van der Waals surface area (Å²) in [4.78, 5) is 8.07. The Morgan fingerprint density at radius 2 is 2.15 bits per heavy atom. The van der Waals surface area contributed by atoms with Crippen LogP contribution in [0.25, 0.3) is 10.9 Å². The third-order valence-electron chi connectivity index (χ3n) is 4.39. The van der Waals surface area contributed by atoms with Crippen LogP contribution in [0.5, 0.6) is 0 Å². The minimum absolute atomic E-state index is 0.748. The molecule has 0 spiro atoms. The lowest BCUT2D eigenvalue weighted by Crippen LogP contribution is -2.39. The molecule has 0 bridgehead atoms. The molecule has 1 aromatic carbocycles. The lowest BCUT2D eigenvalue weighted by Gasteiger charge is -2.11. The SMILES string of the molecule is CCNC(=NCCc1c[nH]c2cccc(C)c12)NCCn1cc(C)cn1. The van der Waals surface area contributed by atoms with Crippen molar-refractivity contribution in [2.45, 2.75) is 33.7 Å². The van der Waals surface area contributed by atoms with E-state index in [0.29, 0.717) is 0 Å². The summed E-state index contributed by atoms with van der Waals surface area (Å²) in [5.74, 6) is 0.855. The highest BCUT2D eigenvalue weighted by Crippen LogP contribution is 2.22. The molecule has 0 unspecified atom stereocenters. The van der Waals surface area contributed by atoms with E-state index in [-0.39, 0.29) is 0 Å². The molecule has 0 aliphatic carbocycles. The Morgan fingerprint density at radius 1 is 1.27 bits per heavy atom. The molecule has 0 saturated heterocycles. The van der Waals surface area contributed by atoms with Crippen LogP contribution < -0.4 is 10.6 Å². The van der Waals surface area contributed by atoms with Gasteiger partial charge in [0.25, 0.3) is 0 Å². The van der Waals surface area contributed by atoms with Crippen LogP contribution in [0.15, 0.2) is 41.8 Å². The van der Waals surface area contributed by atoms with Gasteiger partial charge in [-0.1, -0.05) is 12.1 Å². The van der Waals surface area contributed by atoms with Crippen molar-refractivity contribution < 1.29 is 0 Å². The lowest BCUT2D eigenvalue weighted by molar-refractivity contribution is 0.597. The first-order valence-electron chi connectivity index (χ1n) is 9.24. The minimum atomic E-state index is 0.748. The lowest BCUT2D eigenvalue weighted by atomic mass is 10.1. The number of aromatic nitrogens is 3.